The first-order valence-electron chi connectivity index (χ1n) is 16.4. The Morgan fingerprint density at radius 3 is 2.30 bits per heavy atom. The molecule has 3 saturated carbocycles. The molecule has 3 heteroatoms. The number of fused-ring (bicyclic) bond motifs is 2. The molecule has 0 aromatic rings. The van der Waals surface area contributed by atoms with Crippen LogP contribution in [-0.2, 0) is 9.53 Å². The number of carbonyl (C=O) groups excluding carboxylic acids is 1. The summed E-state index contributed by atoms with van der Waals surface area (Å²) in [5, 5.41) is 0.976. The minimum Gasteiger partial charge on any atom is -0.462 e. The van der Waals surface area contributed by atoms with Crippen molar-refractivity contribution in [3.8, 4) is 0 Å². The second-order valence-electron chi connectivity index (χ2n) is 14.7. The molecule has 0 aromatic heterocycles. The summed E-state index contributed by atoms with van der Waals surface area (Å²) in [6, 6.07) is 0. The topological polar surface area (TPSA) is 26.3 Å². The van der Waals surface area contributed by atoms with Crippen LogP contribution in [0.5, 0.6) is 0 Å². The van der Waals surface area contributed by atoms with Gasteiger partial charge in [0.25, 0.3) is 0 Å². The molecular formula is C34H61BrO2. The van der Waals surface area contributed by atoms with Gasteiger partial charge in [-0.3, -0.25) is 4.79 Å². The number of hydrogen-bond acceptors (Lipinski definition) is 2. The molecular weight excluding hydrogens is 520 g/mol. The first-order valence-corrected chi connectivity index (χ1v) is 17.5. The van der Waals surface area contributed by atoms with Gasteiger partial charge in [0, 0.05) is 11.8 Å². The zero-order valence-corrected chi connectivity index (χ0v) is 26.9. The Bertz CT molecular complexity index is 660. The monoisotopic (exact) mass is 580 g/mol. The lowest BCUT2D eigenvalue weighted by molar-refractivity contribution is -0.160. The van der Waals surface area contributed by atoms with Crippen molar-refractivity contribution in [3.05, 3.63) is 0 Å². The van der Waals surface area contributed by atoms with E-state index in [1.807, 2.05) is 0 Å². The number of rotatable bonds is 14. The van der Waals surface area contributed by atoms with E-state index in [0.717, 1.165) is 77.9 Å². The van der Waals surface area contributed by atoms with Crippen LogP contribution in [0.2, 0.25) is 0 Å². The molecule has 0 aromatic carbocycles. The molecule has 216 valence electrons. The zero-order chi connectivity index (χ0) is 26.9. The molecule has 0 saturated heterocycles. The highest BCUT2D eigenvalue weighted by Crippen LogP contribution is 2.55. The molecule has 0 heterocycles. The van der Waals surface area contributed by atoms with Gasteiger partial charge >= 0.3 is 5.97 Å². The van der Waals surface area contributed by atoms with Crippen LogP contribution in [-0.4, -0.2) is 17.4 Å². The summed E-state index contributed by atoms with van der Waals surface area (Å²) in [5.41, 5.74) is 0. The quantitative estimate of drug-likeness (QED) is 0.116. The standard InChI is InChI=1S/C34H61BrO2/c1-23(2)10-9-11-25(5)13-15-31-32-22-30-21-28(18-24(3)4)26(6)19-29(30)20-27(32)14-16-33(31)37-34(36)12-7-8-17-35/h23-33H,7-22H2,1-6H3. The average molecular weight is 582 g/mol. The summed E-state index contributed by atoms with van der Waals surface area (Å²) in [5.74, 6) is 8.43. The van der Waals surface area contributed by atoms with Crippen molar-refractivity contribution in [2.75, 3.05) is 5.33 Å². The Kier molecular flexibility index (Phi) is 13.3. The lowest BCUT2D eigenvalue weighted by Gasteiger charge is -2.53. The van der Waals surface area contributed by atoms with E-state index in [2.05, 4.69) is 57.5 Å². The lowest BCUT2D eigenvalue weighted by atomic mass is 9.53. The third-order valence-electron chi connectivity index (χ3n) is 10.7. The molecule has 0 bridgehead atoms. The molecule has 0 N–H and O–H groups in total. The lowest BCUT2D eigenvalue weighted by Crippen LogP contribution is -2.47. The summed E-state index contributed by atoms with van der Waals surface area (Å²) in [6.45, 7) is 14.5. The van der Waals surface area contributed by atoms with Crippen LogP contribution in [0.4, 0.5) is 0 Å². The van der Waals surface area contributed by atoms with Crippen molar-refractivity contribution in [3.63, 3.8) is 0 Å². The molecule has 2 nitrogen and oxygen atoms in total. The van der Waals surface area contributed by atoms with Gasteiger partial charge in [0.15, 0.2) is 0 Å². The molecule has 3 rings (SSSR count). The predicted molar refractivity (Wildman–Crippen MR) is 162 cm³/mol. The van der Waals surface area contributed by atoms with Crippen LogP contribution < -0.4 is 0 Å². The molecule has 9 unspecified atom stereocenters. The van der Waals surface area contributed by atoms with Gasteiger partial charge in [-0.25, -0.2) is 0 Å². The summed E-state index contributed by atoms with van der Waals surface area (Å²) in [7, 11) is 0. The van der Waals surface area contributed by atoms with Crippen LogP contribution in [0.15, 0.2) is 0 Å². The van der Waals surface area contributed by atoms with Crippen LogP contribution in [0, 0.1) is 59.2 Å². The molecule has 37 heavy (non-hydrogen) atoms. The highest BCUT2D eigenvalue weighted by Gasteiger charge is 2.48. The number of carbonyl (C=O) groups is 1. The van der Waals surface area contributed by atoms with Gasteiger partial charge in [-0.2, -0.15) is 0 Å². The third kappa shape index (κ3) is 9.82. The molecule has 0 radical (unpaired) electrons. The van der Waals surface area contributed by atoms with Crippen LogP contribution >= 0.6 is 15.9 Å². The van der Waals surface area contributed by atoms with E-state index in [4.69, 9.17) is 4.74 Å². The Labute approximate surface area is 239 Å². The third-order valence-corrected chi connectivity index (χ3v) is 11.2. The maximum absolute atomic E-state index is 12.8. The Morgan fingerprint density at radius 1 is 0.838 bits per heavy atom. The average Bonchev–Trinajstić information content (AvgIpc) is 2.82. The van der Waals surface area contributed by atoms with Crippen LogP contribution in [0.3, 0.4) is 0 Å². The Morgan fingerprint density at radius 2 is 1.59 bits per heavy atom. The normalized spacial score (nSPS) is 34.7. The predicted octanol–water partition coefficient (Wildman–Crippen LogP) is 10.5. The largest absolute Gasteiger partial charge is 0.462 e. The van der Waals surface area contributed by atoms with Crippen LogP contribution in [0.1, 0.15) is 138 Å². The van der Waals surface area contributed by atoms with Gasteiger partial charge in [-0.15, -0.1) is 0 Å². The minimum atomic E-state index is 0.0663. The second kappa shape index (κ2) is 15.7. The van der Waals surface area contributed by atoms with Crippen molar-refractivity contribution in [2.45, 2.75) is 144 Å². The van der Waals surface area contributed by atoms with E-state index in [9.17, 15) is 4.79 Å². The summed E-state index contributed by atoms with van der Waals surface area (Å²) < 4.78 is 6.32. The summed E-state index contributed by atoms with van der Waals surface area (Å²) >= 11 is 3.50. The van der Waals surface area contributed by atoms with E-state index in [0.29, 0.717) is 12.3 Å². The fourth-order valence-corrected chi connectivity index (χ4v) is 9.05. The number of hydrogen-bond donors (Lipinski definition) is 0. The molecule has 0 amide bonds. The molecule has 0 spiro atoms. The van der Waals surface area contributed by atoms with Crippen molar-refractivity contribution in [1.82, 2.24) is 0 Å². The maximum Gasteiger partial charge on any atom is 0.306 e. The highest BCUT2D eigenvalue weighted by atomic mass is 79.9. The zero-order valence-electron chi connectivity index (χ0n) is 25.4. The van der Waals surface area contributed by atoms with Gasteiger partial charge in [0.2, 0.25) is 0 Å². The Balaban J connectivity index is 1.66. The summed E-state index contributed by atoms with van der Waals surface area (Å²) in [4.78, 5) is 12.8. The molecule has 0 aliphatic heterocycles. The maximum atomic E-state index is 12.8. The summed E-state index contributed by atoms with van der Waals surface area (Å²) in [6.07, 6.45) is 19.0. The van der Waals surface area contributed by atoms with E-state index in [1.165, 1.54) is 70.6 Å². The number of unbranched alkanes of at least 4 members (excludes halogenated alkanes) is 1. The number of esters is 1. The molecule has 3 fully saturated rings. The van der Waals surface area contributed by atoms with E-state index < -0.39 is 0 Å². The Hall–Kier alpha value is -0.0500. The first-order chi connectivity index (χ1) is 17.7. The van der Waals surface area contributed by atoms with Gasteiger partial charge < -0.3 is 4.74 Å². The fraction of sp³-hybridized carbons (Fsp3) is 0.971. The van der Waals surface area contributed by atoms with Crippen molar-refractivity contribution in [2.24, 2.45) is 59.2 Å². The molecule has 3 aliphatic carbocycles. The fourth-order valence-electron chi connectivity index (χ4n) is 8.65. The van der Waals surface area contributed by atoms with Crippen molar-refractivity contribution < 1.29 is 9.53 Å². The van der Waals surface area contributed by atoms with Gasteiger partial charge in [-0.05, 0) is 123 Å². The molecule has 9 atom stereocenters. The van der Waals surface area contributed by atoms with E-state index >= 15 is 0 Å². The van der Waals surface area contributed by atoms with E-state index in [-0.39, 0.29) is 12.1 Å². The second-order valence-corrected chi connectivity index (χ2v) is 15.5. The smallest absolute Gasteiger partial charge is 0.306 e. The van der Waals surface area contributed by atoms with Crippen molar-refractivity contribution >= 4 is 21.9 Å². The van der Waals surface area contributed by atoms with Crippen LogP contribution in [0.25, 0.3) is 0 Å². The SMILES string of the molecule is CC(C)CCCC(C)CCC1C(OC(=O)CCCCBr)CCC2CC3CC(C)C(CC(C)C)CC3CC21. The van der Waals surface area contributed by atoms with Crippen molar-refractivity contribution in [1.29, 1.82) is 0 Å². The number of ether oxygens (including phenoxy) is 1. The van der Waals surface area contributed by atoms with Gasteiger partial charge in [-0.1, -0.05) is 83.2 Å². The van der Waals surface area contributed by atoms with Gasteiger partial charge in [0.05, 0.1) is 0 Å². The minimum absolute atomic E-state index is 0.0663. The van der Waals surface area contributed by atoms with E-state index in [1.54, 1.807) is 0 Å². The first kappa shape index (κ1) is 31.5. The molecule has 3 aliphatic rings. The highest BCUT2D eigenvalue weighted by molar-refractivity contribution is 9.09. The number of halogens is 1. The van der Waals surface area contributed by atoms with Gasteiger partial charge in [0.1, 0.15) is 6.10 Å². The number of alkyl halides is 1.